The molecule has 0 radical (unpaired) electrons. The van der Waals surface area contributed by atoms with E-state index in [9.17, 15) is 14.0 Å². The van der Waals surface area contributed by atoms with Gasteiger partial charge in [0, 0.05) is 47.3 Å². The third-order valence-electron chi connectivity index (χ3n) is 7.19. The molecule has 216 valence electrons. The van der Waals surface area contributed by atoms with Gasteiger partial charge in [-0.05, 0) is 87.0 Å². The summed E-state index contributed by atoms with van der Waals surface area (Å²) in [6.45, 7) is 5.41. The van der Waals surface area contributed by atoms with Crippen LogP contribution >= 0.6 is 0 Å². The van der Waals surface area contributed by atoms with E-state index in [0.717, 1.165) is 33.9 Å². The molecule has 0 atom stereocenters. The normalized spacial score (nSPS) is 11.2. The highest BCUT2D eigenvalue weighted by molar-refractivity contribution is 6.05. The van der Waals surface area contributed by atoms with Gasteiger partial charge in [-0.25, -0.2) is 13.5 Å². The number of nitrogens with one attached hydrogen (secondary N) is 2. The van der Waals surface area contributed by atoms with Gasteiger partial charge in [-0.1, -0.05) is 0 Å². The molecular weight excluding hydrogens is 554 g/mol. The number of H-pyrrole nitrogens is 1. The van der Waals surface area contributed by atoms with Crippen molar-refractivity contribution in [3.63, 3.8) is 0 Å². The molecule has 0 aliphatic heterocycles. The maximum atomic E-state index is 15.4. The number of carbonyl (C=O) groups is 1. The Morgan fingerprint density at radius 1 is 0.930 bits per heavy atom. The molecule has 43 heavy (non-hydrogen) atoms. The van der Waals surface area contributed by atoms with Crippen LogP contribution in [0.5, 0.6) is 11.5 Å². The van der Waals surface area contributed by atoms with E-state index in [1.807, 2.05) is 32.0 Å². The van der Waals surface area contributed by atoms with Gasteiger partial charge >= 0.3 is 0 Å². The number of anilines is 1. The van der Waals surface area contributed by atoms with Crippen LogP contribution in [0.1, 0.15) is 27.4 Å². The number of aryl methyl sites for hydroxylation is 2. The van der Waals surface area contributed by atoms with E-state index >= 15 is 4.39 Å². The Labute approximate surface area is 244 Å². The molecule has 0 spiro atoms. The SMILES string of the molecule is Cc1cc(-c2cc3n[nH]cc3cc2Oc2ccc(NC(=O)c3c(C)n(C)n(-c4ccc(F)cc4)c3=O)cc2F)cc(C)n1. The van der Waals surface area contributed by atoms with E-state index in [0.29, 0.717) is 22.7 Å². The minimum atomic E-state index is -0.716. The molecule has 0 bridgehead atoms. The lowest BCUT2D eigenvalue weighted by Crippen LogP contribution is -2.25. The van der Waals surface area contributed by atoms with Gasteiger partial charge in [0.05, 0.1) is 16.9 Å². The summed E-state index contributed by atoms with van der Waals surface area (Å²) in [6.07, 6.45) is 1.72. The molecule has 0 aliphatic carbocycles. The number of aromatic nitrogens is 5. The first kappa shape index (κ1) is 27.6. The molecule has 6 aromatic rings. The molecule has 11 heteroatoms. The van der Waals surface area contributed by atoms with E-state index < -0.39 is 23.1 Å². The lowest BCUT2D eigenvalue weighted by Gasteiger charge is -2.14. The van der Waals surface area contributed by atoms with Crippen molar-refractivity contribution < 1.29 is 18.3 Å². The van der Waals surface area contributed by atoms with E-state index in [1.165, 1.54) is 45.8 Å². The minimum Gasteiger partial charge on any atom is -0.454 e. The molecule has 0 saturated heterocycles. The molecule has 9 nitrogen and oxygen atoms in total. The zero-order valence-corrected chi connectivity index (χ0v) is 23.7. The lowest BCUT2D eigenvalue weighted by molar-refractivity contribution is 0.102. The van der Waals surface area contributed by atoms with Gasteiger partial charge in [-0.15, -0.1) is 0 Å². The van der Waals surface area contributed by atoms with Crippen molar-refractivity contribution in [2.45, 2.75) is 20.8 Å². The largest absolute Gasteiger partial charge is 0.454 e. The number of aromatic amines is 1. The number of amides is 1. The number of ether oxygens (including phenoxy) is 1. The molecule has 6 rings (SSSR count). The fraction of sp³-hybridized carbons (Fsp3) is 0.125. The van der Waals surface area contributed by atoms with Crippen molar-refractivity contribution in [2.24, 2.45) is 7.05 Å². The predicted molar refractivity (Wildman–Crippen MR) is 159 cm³/mol. The van der Waals surface area contributed by atoms with Crippen LogP contribution in [0.25, 0.3) is 27.7 Å². The second-order valence-electron chi connectivity index (χ2n) is 10.2. The highest BCUT2D eigenvalue weighted by atomic mass is 19.1. The number of nitrogens with zero attached hydrogens (tertiary/aromatic N) is 4. The smallest absolute Gasteiger partial charge is 0.284 e. The molecule has 1 amide bonds. The lowest BCUT2D eigenvalue weighted by atomic mass is 10.0. The number of benzene rings is 3. The van der Waals surface area contributed by atoms with Crippen LogP contribution in [0.2, 0.25) is 0 Å². The average molecular weight is 581 g/mol. The van der Waals surface area contributed by atoms with Crippen molar-refractivity contribution >= 4 is 22.5 Å². The molecule has 3 aromatic heterocycles. The maximum Gasteiger partial charge on any atom is 0.284 e. The van der Waals surface area contributed by atoms with Gasteiger partial charge in [-0.2, -0.15) is 5.10 Å². The number of carbonyl (C=O) groups excluding carboxylic acids is 1. The van der Waals surface area contributed by atoms with Crippen LogP contribution in [0.15, 0.2) is 77.7 Å². The molecular formula is C32H26F2N6O3. The van der Waals surface area contributed by atoms with Crippen LogP contribution < -0.4 is 15.6 Å². The van der Waals surface area contributed by atoms with Gasteiger partial charge < -0.3 is 10.1 Å². The van der Waals surface area contributed by atoms with Crippen LogP contribution in [-0.4, -0.2) is 30.5 Å². The van der Waals surface area contributed by atoms with Gasteiger partial charge in [0.2, 0.25) is 0 Å². The standard InChI is InChI=1S/C32H26F2N6O3/c1-17-11-20(12-18(2)36-17)25-15-27-21(16-35-38-27)13-29(25)43-28-10-7-23(14-26(28)34)37-31(41)30-19(3)39(4)40(32(30)42)24-8-5-22(33)6-9-24/h5-16H,1-4H3,(H,35,38)(H,37,41). The van der Waals surface area contributed by atoms with Crippen molar-refractivity contribution in [3.05, 3.63) is 118 Å². The van der Waals surface area contributed by atoms with E-state index in [-0.39, 0.29) is 17.0 Å². The van der Waals surface area contributed by atoms with E-state index in [4.69, 9.17) is 4.74 Å². The van der Waals surface area contributed by atoms with Crippen molar-refractivity contribution in [1.82, 2.24) is 24.5 Å². The summed E-state index contributed by atoms with van der Waals surface area (Å²) in [5.74, 6) is -1.51. The molecule has 0 saturated carbocycles. The molecule has 2 N–H and O–H groups in total. The summed E-state index contributed by atoms with van der Waals surface area (Å²) in [4.78, 5) is 30.8. The number of pyridine rings is 1. The third kappa shape index (κ3) is 5.16. The van der Waals surface area contributed by atoms with E-state index in [2.05, 4.69) is 20.5 Å². The molecule has 0 aliphatic rings. The Hall–Kier alpha value is -5.58. The topological polar surface area (TPSA) is 107 Å². The summed E-state index contributed by atoms with van der Waals surface area (Å²) < 4.78 is 37.6. The highest BCUT2D eigenvalue weighted by Gasteiger charge is 2.23. The molecule has 3 aromatic carbocycles. The van der Waals surface area contributed by atoms with Crippen LogP contribution in [0, 0.1) is 32.4 Å². The quantitative estimate of drug-likeness (QED) is 0.238. The Morgan fingerprint density at radius 2 is 1.65 bits per heavy atom. The van der Waals surface area contributed by atoms with Crippen LogP contribution in [-0.2, 0) is 7.05 Å². The fourth-order valence-corrected chi connectivity index (χ4v) is 5.08. The predicted octanol–water partition coefficient (Wildman–Crippen LogP) is 6.36. The van der Waals surface area contributed by atoms with Crippen LogP contribution in [0.4, 0.5) is 14.5 Å². The highest BCUT2D eigenvalue weighted by Crippen LogP contribution is 2.38. The summed E-state index contributed by atoms with van der Waals surface area (Å²) in [5.41, 5.74) is 4.14. The van der Waals surface area contributed by atoms with Crippen LogP contribution in [0.3, 0.4) is 0 Å². The Morgan fingerprint density at radius 3 is 2.35 bits per heavy atom. The summed E-state index contributed by atoms with van der Waals surface area (Å²) >= 11 is 0. The average Bonchev–Trinajstić information content (AvgIpc) is 3.50. The number of fused-ring (bicyclic) bond motifs is 1. The van der Waals surface area contributed by atoms with Gasteiger partial charge in [-0.3, -0.25) is 24.4 Å². The third-order valence-corrected chi connectivity index (χ3v) is 7.19. The summed E-state index contributed by atoms with van der Waals surface area (Å²) in [7, 11) is 1.62. The Kier molecular flexibility index (Phi) is 6.85. The Balaban J connectivity index is 1.29. The first-order chi connectivity index (χ1) is 20.6. The van der Waals surface area contributed by atoms with Gasteiger partial charge in [0.15, 0.2) is 11.6 Å². The number of hydrogen-bond acceptors (Lipinski definition) is 5. The van der Waals surface area contributed by atoms with Crippen molar-refractivity contribution in [1.29, 1.82) is 0 Å². The summed E-state index contributed by atoms with van der Waals surface area (Å²) in [6, 6.07) is 16.8. The first-order valence-electron chi connectivity index (χ1n) is 13.4. The summed E-state index contributed by atoms with van der Waals surface area (Å²) in [5, 5.41) is 10.5. The van der Waals surface area contributed by atoms with E-state index in [1.54, 1.807) is 26.2 Å². The van der Waals surface area contributed by atoms with Crippen molar-refractivity contribution in [2.75, 3.05) is 5.32 Å². The van der Waals surface area contributed by atoms with Gasteiger partial charge in [0.25, 0.3) is 11.5 Å². The maximum absolute atomic E-state index is 15.4. The van der Waals surface area contributed by atoms with Gasteiger partial charge in [0.1, 0.15) is 17.1 Å². The number of halogens is 2. The zero-order chi connectivity index (χ0) is 30.4. The monoisotopic (exact) mass is 580 g/mol. The second kappa shape index (κ2) is 10.7. The Bertz CT molecular complexity index is 2070. The van der Waals surface area contributed by atoms with Crippen molar-refractivity contribution in [3.8, 4) is 28.3 Å². The second-order valence-corrected chi connectivity index (χ2v) is 10.2. The zero-order valence-electron chi connectivity index (χ0n) is 23.7. The first-order valence-corrected chi connectivity index (χ1v) is 13.4. The number of rotatable bonds is 6. The molecule has 0 unspecified atom stereocenters. The molecule has 0 fully saturated rings. The molecule has 3 heterocycles. The number of hydrogen-bond donors (Lipinski definition) is 2. The fourth-order valence-electron chi connectivity index (χ4n) is 5.08. The minimum absolute atomic E-state index is 0.0563.